The van der Waals surface area contributed by atoms with E-state index >= 15 is 0 Å². The first-order valence-electron chi connectivity index (χ1n) is 7.93. The molecule has 8 heteroatoms. The molecule has 2 heterocycles. The van der Waals surface area contributed by atoms with Crippen LogP contribution in [0.15, 0.2) is 59.3 Å². The summed E-state index contributed by atoms with van der Waals surface area (Å²) in [4.78, 5) is 24.2. The van der Waals surface area contributed by atoms with Gasteiger partial charge < -0.3 is 19.8 Å². The lowest BCUT2D eigenvalue weighted by Gasteiger charge is -2.05. The number of aromatic nitrogens is 2. The molecule has 134 valence electrons. The highest BCUT2D eigenvalue weighted by molar-refractivity contribution is 5.97. The van der Waals surface area contributed by atoms with Crippen LogP contribution in [0.5, 0.6) is 5.75 Å². The summed E-state index contributed by atoms with van der Waals surface area (Å²) in [5, 5.41) is 9.43. The largest absolute Gasteiger partial charge is 0.493 e. The molecule has 3 rings (SSSR count). The molecule has 0 aliphatic heterocycles. The third-order valence-electron chi connectivity index (χ3n) is 3.59. The highest BCUT2D eigenvalue weighted by Crippen LogP contribution is 2.19. The fraction of sp³-hybridized carbons (Fsp3) is 0.167. The first-order valence-corrected chi connectivity index (χ1v) is 7.93. The van der Waals surface area contributed by atoms with E-state index in [9.17, 15) is 9.59 Å². The molecule has 0 atom stereocenters. The Labute approximate surface area is 149 Å². The first kappa shape index (κ1) is 17.3. The summed E-state index contributed by atoms with van der Waals surface area (Å²) in [7, 11) is 1.46. The van der Waals surface area contributed by atoms with Gasteiger partial charge in [-0.2, -0.15) is 5.10 Å². The minimum atomic E-state index is -0.496. The zero-order valence-corrected chi connectivity index (χ0v) is 14.1. The minimum Gasteiger partial charge on any atom is -0.493 e. The molecule has 2 N–H and O–H groups in total. The van der Waals surface area contributed by atoms with Crippen LogP contribution >= 0.6 is 0 Å². The van der Waals surface area contributed by atoms with E-state index in [4.69, 9.17) is 9.15 Å². The summed E-state index contributed by atoms with van der Waals surface area (Å²) in [6.45, 7) is 0.0779. The summed E-state index contributed by atoms with van der Waals surface area (Å²) in [5.41, 5.74) is 0.899. The SMILES string of the molecule is COc1cn(-c2ccccc2)nc1C(=O)NCC(=O)NCc1ccco1. The molecule has 3 aromatic rings. The molecule has 0 fully saturated rings. The predicted octanol–water partition coefficient (Wildman–Crippen LogP) is 1.52. The van der Waals surface area contributed by atoms with Crippen molar-refractivity contribution in [3.63, 3.8) is 0 Å². The van der Waals surface area contributed by atoms with Crippen LogP contribution < -0.4 is 15.4 Å². The molecular formula is C18H18N4O4. The topological polar surface area (TPSA) is 98.4 Å². The van der Waals surface area contributed by atoms with E-state index in [1.807, 2.05) is 30.3 Å². The van der Waals surface area contributed by atoms with Gasteiger partial charge in [0.2, 0.25) is 5.91 Å². The number of hydrogen-bond donors (Lipinski definition) is 2. The molecule has 0 radical (unpaired) electrons. The number of furan rings is 1. The van der Waals surface area contributed by atoms with Crippen molar-refractivity contribution in [3.8, 4) is 11.4 Å². The molecule has 0 saturated heterocycles. The third kappa shape index (κ3) is 4.10. The Kier molecular flexibility index (Phi) is 5.33. The quantitative estimate of drug-likeness (QED) is 0.670. The van der Waals surface area contributed by atoms with Crippen molar-refractivity contribution in [3.05, 3.63) is 66.4 Å². The van der Waals surface area contributed by atoms with Crippen molar-refractivity contribution < 1.29 is 18.7 Å². The Balaban J connectivity index is 1.60. The standard InChI is InChI=1S/C18H18N4O4/c1-25-15-12-22(13-6-3-2-4-7-13)21-17(15)18(24)20-11-16(23)19-10-14-8-5-9-26-14/h2-9,12H,10-11H2,1H3,(H,19,23)(H,20,24). The number of carbonyl (C=O) groups is 2. The highest BCUT2D eigenvalue weighted by atomic mass is 16.5. The van der Waals surface area contributed by atoms with E-state index in [0.717, 1.165) is 5.69 Å². The molecule has 8 nitrogen and oxygen atoms in total. The Bertz CT molecular complexity index is 872. The first-order chi connectivity index (χ1) is 12.7. The van der Waals surface area contributed by atoms with Crippen molar-refractivity contribution in [2.45, 2.75) is 6.54 Å². The Hall–Kier alpha value is -3.55. The maximum atomic E-state index is 12.3. The number of carbonyl (C=O) groups excluding carboxylic acids is 2. The van der Waals surface area contributed by atoms with Gasteiger partial charge >= 0.3 is 0 Å². The molecular weight excluding hydrogens is 336 g/mol. The zero-order valence-electron chi connectivity index (χ0n) is 14.1. The smallest absolute Gasteiger partial charge is 0.276 e. The van der Waals surface area contributed by atoms with Gasteiger partial charge in [-0.05, 0) is 24.3 Å². The van der Waals surface area contributed by atoms with Crippen LogP contribution in [0.1, 0.15) is 16.2 Å². The van der Waals surface area contributed by atoms with Crippen LogP contribution in [0.25, 0.3) is 5.69 Å². The zero-order chi connectivity index (χ0) is 18.4. The summed E-state index contributed by atoms with van der Waals surface area (Å²) in [6.07, 6.45) is 3.14. The van der Waals surface area contributed by atoms with Crippen LogP contribution in [-0.2, 0) is 11.3 Å². The lowest BCUT2D eigenvalue weighted by molar-refractivity contribution is -0.120. The molecule has 0 aliphatic carbocycles. The van der Waals surface area contributed by atoms with Crippen molar-refractivity contribution >= 4 is 11.8 Å². The monoisotopic (exact) mass is 354 g/mol. The van der Waals surface area contributed by atoms with Crippen LogP contribution in [0.3, 0.4) is 0 Å². The fourth-order valence-corrected chi connectivity index (χ4v) is 2.28. The summed E-state index contributed by atoms with van der Waals surface area (Å²) >= 11 is 0. The van der Waals surface area contributed by atoms with Gasteiger partial charge in [0, 0.05) is 0 Å². The van der Waals surface area contributed by atoms with Crippen molar-refractivity contribution in [1.82, 2.24) is 20.4 Å². The van der Waals surface area contributed by atoms with E-state index in [0.29, 0.717) is 11.5 Å². The molecule has 0 spiro atoms. The van der Waals surface area contributed by atoms with E-state index in [1.165, 1.54) is 13.4 Å². The van der Waals surface area contributed by atoms with Gasteiger partial charge in [-0.1, -0.05) is 18.2 Å². The number of rotatable bonds is 7. The average Bonchev–Trinajstić information content (AvgIpc) is 3.34. The number of methoxy groups -OCH3 is 1. The van der Waals surface area contributed by atoms with Gasteiger partial charge in [0.25, 0.3) is 5.91 Å². The Morgan fingerprint density at radius 2 is 1.96 bits per heavy atom. The van der Waals surface area contributed by atoms with Crippen molar-refractivity contribution in [1.29, 1.82) is 0 Å². The van der Waals surface area contributed by atoms with Crippen LogP contribution in [-0.4, -0.2) is 35.2 Å². The molecule has 1 aromatic carbocycles. The third-order valence-corrected chi connectivity index (χ3v) is 3.59. The van der Waals surface area contributed by atoms with Crippen LogP contribution in [0.2, 0.25) is 0 Å². The lowest BCUT2D eigenvalue weighted by Crippen LogP contribution is -2.36. The second-order valence-corrected chi connectivity index (χ2v) is 5.36. The van der Waals surface area contributed by atoms with E-state index in [2.05, 4.69) is 15.7 Å². The molecule has 0 unspecified atom stereocenters. The second-order valence-electron chi connectivity index (χ2n) is 5.36. The van der Waals surface area contributed by atoms with E-state index < -0.39 is 5.91 Å². The molecule has 26 heavy (non-hydrogen) atoms. The minimum absolute atomic E-state index is 0.107. The molecule has 0 bridgehead atoms. The Morgan fingerprint density at radius 1 is 1.15 bits per heavy atom. The number of nitrogens with zero attached hydrogens (tertiary/aromatic N) is 2. The number of amides is 2. The maximum Gasteiger partial charge on any atom is 0.276 e. The number of hydrogen-bond acceptors (Lipinski definition) is 5. The summed E-state index contributed by atoms with van der Waals surface area (Å²) < 4.78 is 11.9. The number of ether oxygens (including phenoxy) is 1. The van der Waals surface area contributed by atoms with Gasteiger partial charge in [0.05, 0.1) is 38.3 Å². The molecule has 2 aromatic heterocycles. The highest BCUT2D eigenvalue weighted by Gasteiger charge is 2.19. The van der Waals surface area contributed by atoms with E-state index in [-0.39, 0.29) is 24.7 Å². The summed E-state index contributed by atoms with van der Waals surface area (Å²) in [5.74, 6) is 0.121. The van der Waals surface area contributed by atoms with Gasteiger partial charge in [-0.15, -0.1) is 0 Å². The average molecular weight is 354 g/mol. The van der Waals surface area contributed by atoms with Crippen molar-refractivity contribution in [2.75, 3.05) is 13.7 Å². The van der Waals surface area contributed by atoms with Gasteiger partial charge in [-0.3, -0.25) is 9.59 Å². The molecule has 0 saturated carbocycles. The predicted molar refractivity (Wildman–Crippen MR) is 93.0 cm³/mol. The van der Waals surface area contributed by atoms with Crippen LogP contribution in [0.4, 0.5) is 0 Å². The van der Waals surface area contributed by atoms with E-state index in [1.54, 1.807) is 23.0 Å². The maximum absolute atomic E-state index is 12.3. The van der Waals surface area contributed by atoms with Crippen LogP contribution in [0, 0.1) is 0 Å². The van der Waals surface area contributed by atoms with Gasteiger partial charge in [-0.25, -0.2) is 4.68 Å². The number of nitrogens with one attached hydrogen (secondary N) is 2. The summed E-state index contributed by atoms with van der Waals surface area (Å²) in [6, 6.07) is 12.8. The number of para-hydroxylation sites is 1. The number of benzene rings is 1. The van der Waals surface area contributed by atoms with Crippen molar-refractivity contribution in [2.24, 2.45) is 0 Å². The second kappa shape index (κ2) is 8.02. The molecule has 0 aliphatic rings. The van der Waals surface area contributed by atoms with Gasteiger partial charge in [0.1, 0.15) is 5.76 Å². The Morgan fingerprint density at radius 3 is 2.65 bits per heavy atom. The molecule has 2 amide bonds. The normalized spacial score (nSPS) is 10.3. The lowest BCUT2D eigenvalue weighted by atomic mass is 10.3. The fourth-order valence-electron chi connectivity index (χ4n) is 2.28. The van der Waals surface area contributed by atoms with Gasteiger partial charge in [0.15, 0.2) is 11.4 Å².